The van der Waals surface area contributed by atoms with Crippen LogP contribution in [-0.4, -0.2) is 45.8 Å². The lowest BCUT2D eigenvalue weighted by atomic mass is 10.0. The minimum absolute atomic E-state index is 0.0627. The van der Waals surface area contributed by atoms with Gasteiger partial charge in [-0.2, -0.15) is 0 Å². The van der Waals surface area contributed by atoms with Crippen molar-refractivity contribution in [3.05, 3.63) is 54.1 Å². The van der Waals surface area contributed by atoms with Crippen molar-refractivity contribution in [2.24, 2.45) is 11.8 Å². The van der Waals surface area contributed by atoms with Gasteiger partial charge in [-0.1, -0.05) is 12.1 Å². The summed E-state index contributed by atoms with van der Waals surface area (Å²) in [6.07, 6.45) is 2.58. The van der Waals surface area contributed by atoms with Gasteiger partial charge in [0.15, 0.2) is 11.6 Å². The van der Waals surface area contributed by atoms with E-state index in [2.05, 4.69) is 9.88 Å². The first-order valence-corrected chi connectivity index (χ1v) is 9.05. The number of aliphatic hydroxyl groups is 1. The van der Waals surface area contributed by atoms with E-state index in [0.29, 0.717) is 29.8 Å². The summed E-state index contributed by atoms with van der Waals surface area (Å²) in [4.78, 5) is 6.34. The number of likely N-dealkylation sites (tertiary alicyclic amines) is 1. The van der Waals surface area contributed by atoms with Crippen LogP contribution in [0.2, 0.25) is 0 Å². The minimum atomic E-state index is -0.667. The Morgan fingerprint density at radius 2 is 1.88 bits per heavy atom. The van der Waals surface area contributed by atoms with Gasteiger partial charge in [-0.3, -0.25) is 9.88 Å². The van der Waals surface area contributed by atoms with Crippen LogP contribution in [0.5, 0.6) is 11.5 Å². The zero-order valence-electron chi connectivity index (χ0n) is 14.5. The highest BCUT2D eigenvalue weighted by atomic mass is 19.1. The van der Waals surface area contributed by atoms with Gasteiger partial charge >= 0.3 is 0 Å². The van der Waals surface area contributed by atoms with Gasteiger partial charge in [-0.25, -0.2) is 4.39 Å². The standard InChI is InChI=1S/C20H23FN2O3/c21-17-3-1-2-4-20(17)26-16-7-13-10-23(11-14(13)8-16)12-19(25)18-6-5-15(24)9-22-18/h1-6,9,13-14,16,19,24-25H,7-8,10-12H2/t13-,14+,16-,19-/m1/s1. The Balaban J connectivity index is 1.29. The van der Waals surface area contributed by atoms with Crippen molar-refractivity contribution in [2.75, 3.05) is 19.6 Å². The zero-order valence-corrected chi connectivity index (χ0v) is 14.5. The van der Waals surface area contributed by atoms with E-state index >= 15 is 0 Å². The maximum absolute atomic E-state index is 13.7. The van der Waals surface area contributed by atoms with Crippen molar-refractivity contribution >= 4 is 0 Å². The molecule has 26 heavy (non-hydrogen) atoms. The number of ether oxygens (including phenoxy) is 1. The van der Waals surface area contributed by atoms with Gasteiger partial charge in [0.2, 0.25) is 0 Å². The summed E-state index contributed by atoms with van der Waals surface area (Å²) in [7, 11) is 0. The molecule has 6 heteroatoms. The number of hydrogen-bond acceptors (Lipinski definition) is 5. The molecule has 2 aromatic rings. The van der Waals surface area contributed by atoms with Crippen LogP contribution >= 0.6 is 0 Å². The number of halogens is 1. The predicted molar refractivity (Wildman–Crippen MR) is 94.3 cm³/mol. The molecule has 2 heterocycles. The first-order chi connectivity index (χ1) is 12.6. The molecule has 2 fully saturated rings. The van der Waals surface area contributed by atoms with Crippen molar-refractivity contribution in [1.29, 1.82) is 0 Å². The van der Waals surface area contributed by atoms with Crippen LogP contribution in [-0.2, 0) is 0 Å². The van der Waals surface area contributed by atoms with E-state index < -0.39 is 6.10 Å². The van der Waals surface area contributed by atoms with Gasteiger partial charge in [0.25, 0.3) is 0 Å². The number of hydrogen-bond donors (Lipinski definition) is 2. The summed E-state index contributed by atoms with van der Waals surface area (Å²) in [6, 6.07) is 9.73. The van der Waals surface area contributed by atoms with E-state index in [-0.39, 0.29) is 17.7 Å². The van der Waals surface area contributed by atoms with Crippen LogP contribution in [0, 0.1) is 17.7 Å². The van der Waals surface area contributed by atoms with E-state index in [4.69, 9.17) is 4.74 Å². The molecule has 1 aromatic carbocycles. The summed E-state index contributed by atoms with van der Waals surface area (Å²) >= 11 is 0. The van der Waals surface area contributed by atoms with Crippen LogP contribution in [0.15, 0.2) is 42.6 Å². The molecule has 1 aromatic heterocycles. The molecule has 4 rings (SSSR count). The third-order valence-electron chi connectivity index (χ3n) is 5.46. The van der Waals surface area contributed by atoms with Crippen LogP contribution in [0.4, 0.5) is 4.39 Å². The van der Waals surface area contributed by atoms with E-state index in [1.54, 1.807) is 24.3 Å². The third-order valence-corrected chi connectivity index (χ3v) is 5.46. The second-order valence-corrected chi connectivity index (χ2v) is 7.34. The lowest BCUT2D eigenvalue weighted by molar-refractivity contribution is 0.112. The Kier molecular flexibility index (Phi) is 4.78. The fourth-order valence-corrected chi connectivity index (χ4v) is 4.24. The average molecular weight is 358 g/mol. The Morgan fingerprint density at radius 3 is 2.54 bits per heavy atom. The van der Waals surface area contributed by atoms with Crippen molar-refractivity contribution in [3.63, 3.8) is 0 Å². The van der Waals surface area contributed by atoms with Crippen molar-refractivity contribution < 1.29 is 19.3 Å². The average Bonchev–Trinajstić information content (AvgIpc) is 3.15. The minimum Gasteiger partial charge on any atom is -0.506 e. The molecular weight excluding hydrogens is 335 g/mol. The normalized spacial score (nSPS) is 26.6. The number of para-hydroxylation sites is 1. The zero-order chi connectivity index (χ0) is 18.1. The Hall–Kier alpha value is -2.18. The number of rotatable bonds is 5. The van der Waals surface area contributed by atoms with Crippen LogP contribution in [0.25, 0.3) is 0 Å². The molecule has 2 N–H and O–H groups in total. The van der Waals surface area contributed by atoms with Gasteiger partial charge in [-0.15, -0.1) is 0 Å². The number of aromatic nitrogens is 1. The third kappa shape index (κ3) is 3.66. The second kappa shape index (κ2) is 7.21. The first-order valence-electron chi connectivity index (χ1n) is 9.05. The number of benzene rings is 1. The molecule has 0 radical (unpaired) electrons. The number of fused-ring (bicyclic) bond motifs is 1. The van der Waals surface area contributed by atoms with Crippen molar-refractivity contribution in [3.8, 4) is 11.5 Å². The smallest absolute Gasteiger partial charge is 0.165 e. The molecule has 138 valence electrons. The fourth-order valence-electron chi connectivity index (χ4n) is 4.24. The van der Waals surface area contributed by atoms with Crippen LogP contribution in [0.3, 0.4) is 0 Å². The lowest BCUT2D eigenvalue weighted by Gasteiger charge is -2.22. The molecule has 1 aliphatic heterocycles. The van der Waals surface area contributed by atoms with Gasteiger partial charge in [-0.05, 0) is 48.9 Å². The molecule has 1 saturated carbocycles. The van der Waals surface area contributed by atoms with Crippen molar-refractivity contribution in [1.82, 2.24) is 9.88 Å². The Morgan fingerprint density at radius 1 is 1.15 bits per heavy atom. The SMILES string of the molecule is Oc1ccc([C@H](O)CN2C[C@H]3C[C@@H](Oc4ccccc4F)C[C@H]3C2)nc1. The van der Waals surface area contributed by atoms with Gasteiger partial charge in [0.1, 0.15) is 11.9 Å². The summed E-state index contributed by atoms with van der Waals surface area (Å²) in [5.41, 5.74) is 0.570. The highest BCUT2D eigenvalue weighted by molar-refractivity contribution is 5.24. The number of β-amino-alcohol motifs (C(OH)–C–C–N with tert-alkyl or cyclic N) is 1. The van der Waals surface area contributed by atoms with Crippen molar-refractivity contribution in [2.45, 2.75) is 25.0 Å². The van der Waals surface area contributed by atoms with E-state index in [1.807, 2.05) is 0 Å². The Labute approximate surface area is 152 Å². The topological polar surface area (TPSA) is 65.8 Å². The molecular formula is C20H23FN2O3. The number of nitrogens with zero attached hydrogens (tertiary/aromatic N) is 2. The number of aromatic hydroxyl groups is 1. The molecule has 2 aliphatic rings. The summed E-state index contributed by atoms with van der Waals surface area (Å²) < 4.78 is 19.6. The Bertz CT molecular complexity index is 741. The largest absolute Gasteiger partial charge is 0.506 e. The van der Waals surface area contributed by atoms with E-state index in [0.717, 1.165) is 25.9 Å². The molecule has 1 aliphatic carbocycles. The number of aliphatic hydroxyl groups excluding tert-OH is 1. The van der Waals surface area contributed by atoms with Crippen LogP contribution < -0.4 is 4.74 Å². The maximum atomic E-state index is 13.7. The molecule has 1 saturated heterocycles. The van der Waals surface area contributed by atoms with Crippen LogP contribution in [0.1, 0.15) is 24.6 Å². The lowest BCUT2D eigenvalue weighted by Crippen LogP contribution is -2.29. The molecule has 4 atom stereocenters. The molecule has 0 bridgehead atoms. The molecule has 5 nitrogen and oxygen atoms in total. The molecule has 0 amide bonds. The monoisotopic (exact) mass is 358 g/mol. The summed E-state index contributed by atoms with van der Waals surface area (Å²) in [5, 5.41) is 19.6. The van der Waals surface area contributed by atoms with E-state index in [9.17, 15) is 14.6 Å². The predicted octanol–water partition coefficient (Wildman–Crippen LogP) is 2.75. The molecule has 0 spiro atoms. The van der Waals surface area contributed by atoms with Gasteiger partial charge in [0.05, 0.1) is 18.0 Å². The quantitative estimate of drug-likeness (QED) is 0.860. The summed E-state index contributed by atoms with van der Waals surface area (Å²) in [6.45, 7) is 2.36. The number of pyridine rings is 1. The van der Waals surface area contributed by atoms with E-state index in [1.165, 1.54) is 18.3 Å². The molecule has 0 unspecified atom stereocenters. The maximum Gasteiger partial charge on any atom is 0.165 e. The first kappa shape index (κ1) is 17.2. The fraction of sp³-hybridized carbons (Fsp3) is 0.450. The highest BCUT2D eigenvalue weighted by Gasteiger charge is 2.42. The van der Waals surface area contributed by atoms with Gasteiger partial charge in [0, 0.05) is 19.6 Å². The summed E-state index contributed by atoms with van der Waals surface area (Å²) in [5.74, 6) is 1.16. The second-order valence-electron chi connectivity index (χ2n) is 7.34. The van der Waals surface area contributed by atoms with Gasteiger partial charge < -0.3 is 14.9 Å². The highest BCUT2D eigenvalue weighted by Crippen LogP contribution is 2.40.